The Labute approximate surface area is 194 Å². The highest BCUT2D eigenvalue weighted by Gasteiger charge is 2.36. The molecule has 1 aliphatic carbocycles. The molecule has 1 atom stereocenters. The standard InChI is InChI=1S/C26H22Br2N2/c27-21-13-9-18(10-14-21)17-20-5-4-8-24-25(20)29-30(23-6-2-1-3-7-23)26(24)19-11-15-22(28)16-12-19/h1-3,6-7,9-17,26,29H,4-5,8H2/t26-/m1/s1. The molecule has 0 fully saturated rings. The van der Waals surface area contributed by atoms with E-state index < -0.39 is 0 Å². The first-order valence-electron chi connectivity index (χ1n) is 10.2. The maximum Gasteiger partial charge on any atom is 0.0987 e. The van der Waals surface area contributed by atoms with Gasteiger partial charge in [-0.3, -0.25) is 10.4 Å². The van der Waals surface area contributed by atoms with E-state index in [1.165, 1.54) is 40.1 Å². The average Bonchev–Trinajstić information content (AvgIpc) is 3.17. The van der Waals surface area contributed by atoms with Gasteiger partial charge in [0.15, 0.2) is 0 Å². The molecule has 3 aromatic carbocycles. The quantitative estimate of drug-likeness (QED) is 0.378. The summed E-state index contributed by atoms with van der Waals surface area (Å²) in [5.41, 5.74) is 11.7. The van der Waals surface area contributed by atoms with Gasteiger partial charge < -0.3 is 0 Å². The molecule has 1 N–H and O–H groups in total. The molecule has 0 bridgehead atoms. The second kappa shape index (κ2) is 8.44. The minimum Gasteiger partial charge on any atom is -0.297 e. The lowest BCUT2D eigenvalue weighted by Crippen LogP contribution is -2.34. The Morgan fingerprint density at radius 1 is 0.800 bits per heavy atom. The van der Waals surface area contributed by atoms with Gasteiger partial charge in [-0.15, -0.1) is 0 Å². The zero-order valence-corrected chi connectivity index (χ0v) is 19.7. The Bertz CT molecular complexity index is 1100. The van der Waals surface area contributed by atoms with Crippen molar-refractivity contribution in [1.82, 2.24) is 5.43 Å². The smallest absolute Gasteiger partial charge is 0.0987 e. The largest absolute Gasteiger partial charge is 0.297 e. The van der Waals surface area contributed by atoms with Crippen LogP contribution in [-0.2, 0) is 0 Å². The Hall–Kier alpha value is -2.30. The molecule has 0 amide bonds. The van der Waals surface area contributed by atoms with E-state index in [2.05, 4.69) is 127 Å². The highest BCUT2D eigenvalue weighted by Crippen LogP contribution is 2.45. The summed E-state index contributed by atoms with van der Waals surface area (Å²) >= 11 is 7.12. The summed E-state index contributed by atoms with van der Waals surface area (Å²) in [4.78, 5) is 0. The zero-order chi connectivity index (χ0) is 20.5. The number of anilines is 1. The molecule has 5 rings (SSSR count). The van der Waals surface area contributed by atoms with Crippen molar-refractivity contribution >= 4 is 43.6 Å². The summed E-state index contributed by atoms with van der Waals surface area (Å²) in [5, 5.41) is 2.33. The van der Waals surface area contributed by atoms with Crippen molar-refractivity contribution in [3.63, 3.8) is 0 Å². The normalized spacial score (nSPS) is 19.7. The van der Waals surface area contributed by atoms with Crippen LogP contribution in [0.4, 0.5) is 5.69 Å². The van der Waals surface area contributed by atoms with Gasteiger partial charge >= 0.3 is 0 Å². The molecule has 150 valence electrons. The Morgan fingerprint density at radius 3 is 2.17 bits per heavy atom. The molecule has 1 aliphatic heterocycles. The van der Waals surface area contributed by atoms with Gasteiger partial charge in [0, 0.05) is 8.95 Å². The van der Waals surface area contributed by atoms with Crippen LogP contribution in [0.3, 0.4) is 0 Å². The summed E-state index contributed by atoms with van der Waals surface area (Å²) in [6.07, 6.45) is 5.72. The molecule has 0 unspecified atom stereocenters. The van der Waals surface area contributed by atoms with Gasteiger partial charge in [0.25, 0.3) is 0 Å². The molecule has 4 heteroatoms. The first-order valence-corrected chi connectivity index (χ1v) is 11.8. The van der Waals surface area contributed by atoms with Crippen LogP contribution >= 0.6 is 31.9 Å². The van der Waals surface area contributed by atoms with Crippen LogP contribution in [0, 0.1) is 0 Å². The van der Waals surface area contributed by atoms with E-state index in [0.29, 0.717) is 0 Å². The van der Waals surface area contributed by atoms with Gasteiger partial charge in [-0.05, 0) is 84.0 Å². The Kier molecular flexibility index (Phi) is 5.53. The first-order chi connectivity index (χ1) is 14.7. The van der Waals surface area contributed by atoms with E-state index in [0.717, 1.165) is 21.8 Å². The summed E-state index contributed by atoms with van der Waals surface area (Å²) < 4.78 is 2.22. The number of nitrogens with one attached hydrogen (secondary N) is 1. The van der Waals surface area contributed by atoms with Gasteiger partial charge in [0.1, 0.15) is 0 Å². The van der Waals surface area contributed by atoms with E-state index in [-0.39, 0.29) is 6.04 Å². The Balaban J connectivity index is 1.59. The maximum absolute atomic E-state index is 3.78. The highest BCUT2D eigenvalue weighted by molar-refractivity contribution is 9.10. The van der Waals surface area contributed by atoms with Crippen LogP contribution in [0.25, 0.3) is 6.08 Å². The topological polar surface area (TPSA) is 15.3 Å². The molecule has 0 radical (unpaired) electrons. The lowest BCUT2D eigenvalue weighted by Gasteiger charge is -2.29. The van der Waals surface area contributed by atoms with Gasteiger partial charge in [-0.25, -0.2) is 0 Å². The third kappa shape index (κ3) is 3.86. The van der Waals surface area contributed by atoms with Crippen molar-refractivity contribution in [2.24, 2.45) is 0 Å². The molecule has 30 heavy (non-hydrogen) atoms. The number of rotatable bonds is 3. The summed E-state index contributed by atoms with van der Waals surface area (Å²) in [5.74, 6) is 0. The predicted molar refractivity (Wildman–Crippen MR) is 132 cm³/mol. The third-order valence-electron chi connectivity index (χ3n) is 5.79. The summed E-state index contributed by atoms with van der Waals surface area (Å²) in [6.45, 7) is 0. The molecular formula is C26H22Br2N2. The fraction of sp³-hybridized carbons (Fsp3) is 0.154. The first kappa shape index (κ1) is 19.7. The number of hydrazine groups is 1. The van der Waals surface area contributed by atoms with Gasteiger partial charge in [-0.1, -0.05) is 74.3 Å². The predicted octanol–water partition coefficient (Wildman–Crippen LogP) is 7.80. The van der Waals surface area contributed by atoms with E-state index in [9.17, 15) is 0 Å². The number of allylic oxidation sites excluding steroid dienone is 1. The number of hydrogen-bond acceptors (Lipinski definition) is 2. The molecule has 0 aromatic heterocycles. The van der Waals surface area contributed by atoms with Crippen LogP contribution in [0.15, 0.2) is 105 Å². The molecule has 0 saturated carbocycles. The Morgan fingerprint density at radius 2 is 1.47 bits per heavy atom. The van der Waals surface area contributed by atoms with Crippen LogP contribution in [-0.4, -0.2) is 0 Å². The van der Waals surface area contributed by atoms with Gasteiger partial charge in [0.05, 0.1) is 17.4 Å². The molecule has 0 spiro atoms. The number of para-hydroxylation sites is 1. The number of nitrogens with zero attached hydrogens (tertiary/aromatic N) is 1. The van der Waals surface area contributed by atoms with E-state index >= 15 is 0 Å². The van der Waals surface area contributed by atoms with Crippen molar-refractivity contribution < 1.29 is 0 Å². The zero-order valence-electron chi connectivity index (χ0n) is 16.5. The van der Waals surface area contributed by atoms with E-state index in [1.807, 2.05) is 0 Å². The van der Waals surface area contributed by atoms with Crippen molar-refractivity contribution in [1.29, 1.82) is 0 Å². The fourth-order valence-corrected chi connectivity index (χ4v) is 4.91. The monoisotopic (exact) mass is 520 g/mol. The molecule has 1 heterocycles. The van der Waals surface area contributed by atoms with E-state index in [1.54, 1.807) is 0 Å². The van der Waals surface area contributed by atoms with Crippen LogP contribution in [0.2, 0.25) is 0 Å². The van der Waals surface area contributed by atoms with Crippen molar-refractivity contribution in [2.75, 3.05) is 5.01 Å². The number of benzene rings is 3. The minimum atomic E-state index is 0.198. The lowest BCUT2D eigenvalue weighted by atomic mass is 9.86. The second-order valence-electron chi connectivity index (χ2n) is 7.75. The molecule has 3 aromatic rings. The summed E-state index contributed by atoms with van der Waals surface area (Å²) in [7, 11) is 0. The van der Waals surface area contributed by atoms with Crippen LogP contribution < -0.4 is 10.4 Å². The second-order valence-corrected chi connectivity index (χ2v) is 9.58. The number of hydrogen-bond donors (Lipinski definition) is 1. The SMILES string of the molecule is Brc1ccc(C=C2CCCC3=C2NN(c2ccccc2)[C@@H]3c2ccc(Br)cc2)cc1. The van der Waals surface area contributed by atoms with Gasteiger partial charge in [-0.2, -0.15) is 0 Å². The molecule has 2 aliphatic rings. The van der Waals surface area contributed by atoms with Gasteiger partial charge in [0.2, 0.25) is 0 Å². The van der Waals surface area contributed by atoms with Crippen molar-refractivity contribution in [2.45, 2.75) is 25.3 Å². The van der Waals surface area contributed by atoms with Crippen molar-refractivity contribution in [3.8, 4) is 0 Å². The maximum atomic E-state index is 3.78. The third-order valence-corrected chi connectivity index (χ3v) is 6.84. The van der Waals surface area contributed by atoms with Crippen molar-refractivity contribution in [3.05, 3.63) is 116 Å². The lowest BCUT2D eigenvalue weighted by molar-refractivity contribution is 0.679. The van der Waals surface area contributed by atoms with Crippen LogP contribution in [0.1, 0.15) is 36.4 Å². The average molecular weight is 522 g/mol. The highest BCUT2D eigenvalue weighted by atomic mass is 79.9. The molecule has 2 nitrogen and oxygen atoms in total. The minimum absolute atomic E-state index is 0.198. The van der Waals surface area contributed by atoms with Crippen LogP contribution in [0.5, 0.6) is 0 Å². The molecule has 0 saturated heterocycles. The number of halogens is 2. The van der Waals surface area contributed by atoms with E-state index in [4.69, 9.17) is 0 Å². The summed E-state index contributed by atoms with van der Waals surface area (Å²) in [6, 6.07) is 28.1. The molecular weight excluding hydrogens is 500 g/mol. The fourth-order valence-electron chi connectivity index (χ4n) is 4.39.